The third kappa shape index (κ3) is 5.49. The van der Waals surface area contributed by atoms with Crippen molar-refractivity contribution < 1.29 is 14.5 Å². The molecule has 0 aliphatic carbocycles. The molecule has 1 fully saturated rings. The Kier molecular flexibility index (Phi) is 6.54. The standard InChI is InChI=1S/C17H25N3O4/c1-13-5-4-8-19(11-13)14(2)10-18-17(21)12-24-16-7-3-6-15(9-16)20(22)23/h3,6-7,9,13-14H,4-5,8,10-12H2,1-2H3,(H,18,21)/t13-,14+/m0/s1. The van der Waals surface area contributed by atoms with Crippen LogP contribution >= 0.6 is 0 Å². The summed E-state index contributed by atoms with van der Waals surface area (Å²) in [7, 11) is 0. The van der Waals surface area contributed by atoms with Gasteiger partial charge in [0.2, 0.25) is 0 Å². The van der Waals surface area contributed by atoms with Crippen molar-refractivity contribution in [2.75, 3.05) is 26.2 Å². The SMILES string of the molecule is C[C@H]1CCCN([C@H](C)CNC(=O)COc2cccc([N+](=O)[O-])c2)C1. The van der Waals surface area contributed by atoms with E-state index in [1.54, 1.807) is 6.07 Å². The van der Waals surface area contributed by atoms with Crippen LogP contribution in [0.2, 0.25) is 0 Å². The number of likely N-dealkylation sites (tertiary alicyclic amines) is 1. The normalized spacial score (nSPS) is 19.5. The summed E-state index contributed by atoms with van der Waals surface area (Å²) in [6.07, 6.45) is 2.47. The van der Waals surface area contributed by atoms with E-state index in [4.69, 9.17) is 4.74 Å². The average Bonchev–Trinajstić information content (AvgIpc) is 2.58. The van der Waals surface area contributed by atoms with Crippen molar-refractivity contribution in [2.24, 2.45) is 5.92 Å². The number of carbonyl (C=O) groups excluding carboxylic acids is 1. The molecule has 132 valence electrons. The minimum atomic E-state index is -0.492. The number of carbonyl (C=O) groups is 1. The van der Waals surface area contributed by atoms with Gasteiger partial charge in [-0.15, -0.1) is 0 Å². The van der Waals surface area contributed by atoms with Crippen LogP contribution in [0.25, 0.3) is 0 Å². The zero-order valence-electron chi connectivity index (χ0n) is 14.2. The van der Waals surface area contributed by atoms with E-state index >= 15 is 0 Å². The predicted octanol–water partition coefficient (Wildman–Crippen LogP) is 2.21. The topological polar surface area (TPSA) is 84.7 Å². The molecule has 0 aromatic heterocycles. The molecule has 1 heterocycles. The maximum Gasteiger partial charge on any atom is 0.273 e. The summed E-state index contributed by atoms with van der Waals surface area (Å²) in [5.41, 5.74) is -0.0549. The minimum Gasteiger partial charge on any atom is -0.484 e. The molecule has 0 saturated carbocycles. The lowest BCUT2D eigenvalue weighted by molar-refractivity contribution is -0.384. The van der Waals surface area contributed by atoms with E-state index in [-0.39, 0.29) is 24.2 Å². The Morgan fingerprint density at radius 3 is 3.04 bits per heavy atom. The minimum absolute atomic E-state index is 0.0549. The van der Waals surface area contributed by atoms with Crippen molar-refractivity contribution in [3.63, 3.8) is 0 Å². The number of hydrogen-bond acceptors (Lipinski definition) is 5. The fraction of sp³-hybridized carbons (Fsp3) is 0.588. The van der Waals surface area contributed by atoms with Gasteiger partial charge in [-0.05, 0) is 38.3 Å². The Balaban J connectivity index is 1.73. The van der Waals surface area contributed by atoms with Crippen LogP contribution in [0.3, 0.4) is 0 Å². The summed E-state index contributed by atoms with van der Waals surface area (Å²) >= 11 is 0. The van der Waals surface area contributed by atoms with Gasteiger partial charge in [-0.3, -0.25) is 19.8 Å². The van der Waals surface area contributed by atoms with Crippen molar-refractivity contribution in [3.05, 3.63) is 34.4 Å². The molecule has 2 atom stereocenters. The second-order valence-electron chi connectivity index (χ2n) is 6.44. The molecule has 1 aliphatic heterocycles. The van der Waals surface area contributed by atoms with Crippen molar-refractivity contribution in [1.29, 1.82) is 0 Å². The van der Waals surface area contributed by atoms with Gasteiger partial charge in [0.05, 0.1) is 11.0 Å². The van der Waals surface area contributed by atoms with Gasteiger partial charge in [0.25, 0.3) is 11.6 Å². The highest BCUT2D eigenvalue weighted by molar-refractivity contribution is 5.77. The van der Waals surface area contributed by atoms with E-state index in [1.165, 1.54) is 31.0 Å². The van der Waals surface area contributed by atoms with E-state index in [0.29, 0.717) is 18.2 Å². The number of nitrogens with one attached hydrogen (secondary N) is 1. The molecular weight excluding hydrogens is 310 g/mol. The molecule has 0 unspecified atom stereocenters. The van der Waals surface area contributed by atoms with Gasteiger partial charge >= 0.3 is 0 Å². The van der Waals surface area contributed by atoms with Gasteiger partial charge in [-0.25, -0.2) is 0 Å². The molecule has 1 aromatic rings. The van der Waals surface area contributed by atoms with Crippen molar-refractivity contribution in [2.45, 2.75) is 32.7 Å². The van der Waals surface area contributed by atoms with Crippen molar-refractivity contribution in [1.82, 2.24) is 10.2 Å². The highest BCUT2D eigenvalue weighted by Crippen LogP contribution is 2.19. The van der Waals surface area contributed by atoms with E-state index in [0.717, 1.165) is 13.1 Å². The van der Waals surface area contributed by atoms with Crippen LogP contribution < -0.4 is 10.1 Å². The zero-order valence-corrected chi connectivity index (χ0v) is 14.2. The van der Waals surface area contributed by atoms with Gasteiger partial charge in [-0.2, -0.15) is 0 Å². The number of amides is 1. The Morgan fingerprint density at radius 2 is 2.33 bits per heavy atom. The Bertz CT molecular complexity index is 579. The van der Waals surface area contributed by atoms with Gasteiger partial charge in [-0.1, -0.05) is 13.0 Å². The highest BCUT2D eigenvalue weighted by Gasteiger charge is 2.21. The molecule has 2 rings (SSSR count). The summed E-state index contributed by atoms with van der Waals surface area (Å²) in [4.78, 5) is 24.5. The number of piperidine rings is 1. The quantitative estimate of drug-likeness (QED) is 0.610. The Morgan fingerprint density at radius 1 is 1.54 bits per heavy atom. The fourth-order valence-corrected chi connectivity index (χ4v) is 2.90. The first-order valence-electron chi connectivity index (χ1n) is 8.33. The number of nitrogens with zero attached hydrogens (tertiary/aromatic N) is 2. The predicted molar refractivity (Wildman–Crippen MR) is 91.0 cm³/mol. The Labute approximate surface area is 142 Å². The summed E-state index contributed by atoms with van der Waals surface area (Å²) in [5, 5.41) is 13.6. The highest BCUT2D eigenvalue weighted by atomic mass is 16.6. The number of ether oxygens (including phenoxy) is 1. The van der Waals surface area contributed by atoms with Crippen LogP contribution in [0.1, 0.15) is 26.7 Å². The smallest absolute Gasteiger partial charge is 0.273 e. The number of hydrogen-bond donors (Lipinski definition) is 1. The summed E-state index contributed by atoms with van der Waals surface area (Å²) < 4.78 is 5.32. The van der Waals surface area contributed by atoms with Crippen LogP contribution in [-0.2, 0) is 4.79 Å². The van der Waals surface area contributed by atoms with Crippen molar-refractivity contribution in [3.8, 4) is 5.75 Å². The van der Waals surface area contributed by atoms with Gasteiger partial charge < -0.3 is 10.1 Å². The van der Waals surface area contributed by atoms with Crippen LogP contribution in [0, 0.1) is 16.0 Å². The van der Waals surface area contributed by atoms with E-state index in [2.05, 4.69) is 24.1 Å². The van der Waals surface area contributed by atoms with Crippen LogP contribution in [0.15, 0.2) is 24.3 Å². The number of rotatable bonds is 7. The monoisotopic (exact) mass is 335 g/mol. The lowest BCUT2D eigenvalue weighted by atomic mass is 9.99. The maximum atomic E-state index is 11.9. The van der Waals surface area contributed by atoms with Gasteiger partial charge in [0.1, 0.15) is 5.75 Å². The Hall–Kier alpha value is -2.15. The summed E-state index contributed by atoms with van der Waals surface area (Å²) in [6.45, 7) is 6.94. The fourth-order valence-electron chi connectivity index (χ4n) is 2.90. The van der Waals surface area contributed by atoms with Gasteiger partial charge in [0.15, 0.2) is 6.61 Å². The maximum absolute atomic E-state index is 11.9. The molecule has 0 bridgehead atoms. The molecule has 1 aliphatic rings. The summed E-state index contributed by atoms with van der Waals surface area (Å²) in [5.74, 6) is 0.796. The van der Waals surface area contributed by atoms with Crippen LogP contribution in [0.5, 0.6) is 5.75 Å². The number of nitro benzene ring substituents is 1. The van der Waals surface area contributed by atoms with Gasteiger partial charge in [0, 0.05) is 25.2 Å². The molecule has 24 heavy (non-hydrogen) atoms. The molecule has 1 N–H and O–H groups in total. The molecule has 1 aromatic carbocycles. The lowest BCUT2D eigenvalue weighted by Gasteiger charge is -2.35. The van der Waals surface area contributed by atoms with Crippen LogP contribution in [-0.4, -0.2) is 48.0 Å². The molecular formula is C17H25N3O4. The molecule has 1 saturated heterocycles. The van der Waals surface area contributed by atoms with E-state index in [1.807, 2.05) is 0 Å². The molecule has 1 amide bonds. The second kappa shape index (κ2) is 8.63. The first-order valence-corrected chi connectivity index (χ1v) is 8.33. The van der Waals surface area contributed by atoms with Crippen molar-refractivity contribution >= 4 is 11.6 Å². The molecule has 0 radical (unpaired) electrons. The number of nitro groups is 1. The third-order valence-corrected chi connectivity index (χ3v) is 4.30. The second-order valence-corrected chi connectivity index (χ2v) is 6.44. The lowest BCUT2D eigenvalue weighted by Crippen LogP contribution is -2.46. The third-order valence-electron chi connectivity index (χ3n) is 4.30. The average molecular weight is 335 g/mol. The largest absolute Gasteiger partial charge is 0.484 e. The summed E-state index contributed by atoms with van der Waals surface area (Å²) in [6, 6.07) is 6.11. The van der Waals surface area contributed by atoms with Crippen LogP contribution in [0.4, 0.5) is 5.69 Å². The van der Waals surface area contributed by atoms with E-state index < -0.39 is 4.92 Å². The number of benzene rings is 1. The molecule has 7 nitrogen and oxygen atoms in total. The first-order chi connectivity index (χ1) is 11.5. The zero-order chi connectivity index (χ0) is 17.5. The van der Waals surface area contributed by atoms with E-state index in [9.17, 15) is 14.9 Å². The molecule has 7 heteroatoms. The molecule has 0 spiro atoms. The number of non-ortho nitro benzene ring substituents is 1. The first kappa shape index (κ1) is 18.2.